The summed E-state index contributed by atoms with van der Waals surface area (Å²) in [5.41, 5.74) is 1.39. The third-order valence-corrected chi connectivity index (χ3v) is 4.26. The standard InChI is InChI=1S/C16H20N4O2/c21-11-13-4-1-2-7-15(13)18-16(22)12-5-3-6-14(10-12)20-9-8-17-19-20/h3,5-6,8-10,13,15,21H,1-2,4,7,11H2,(H,18,22). The molecule has 1 aromatic heterocycles. The second kappa shape index (κ2) is 6.70. The third-order valence-electron chi connectivity index (χ3n) is 4.26. The summed E-state index contributed by atoms with van der Waals surface area (Å²) in [6, 6.07) is 7.34. The molecule has 0 saturated heterocycles. The first kappa shape index (κ1) is 14.7. The summed E-state index contributed by atoms with van der Waals surface area (Å²) in [5.74, 6) is 0.0588. The maximum atomic E-state index is 12.5. The molecule has 22 heavy (non-hydrogen) atoms. The van der Waals surface area contributed by atoms with Crippen molar-refractivity contribution >= 4 is 5.91 Å². The molecule has 1 amide bonds. The summed E-state index contributed by atoms with van der Waals surface area (Å²) in [6.07, 6.45) is 7.46. The molecule has 0 spiro atoms. The SMILES string of the molecule is O=C(NC1CCCCC1CO)c1cccc(-n2ccnn2)c1. The molecule has 1 fully saturated rings. The molecule has 116 valence electrons. The van der Waals surface area contributed by atoms with E-state index in [1.54, 1.807) is 29.2 Å². The molecule has 3 rings (SSSR count). The van der Waals surface area contributed by atoms with Crippen LogP contribution in [0.3, 0.4) is 0 Å². The Morgan fingerprint density at radius 2 is 2.23 bits per heavy atom. The van der Waals surface area contributed by atoms with Gasteiger partial charge in [0, 0.05) is 24.1 Å². The van der Waals surface area contributed by atoms with E-state index in [2.05, 4.69) is 15.6 Å². The van der Waals surface area contributed by atoms with Crippen LogP contribution in [0.4, 0.5) is 0 Å². The lowest BCUT2D eigenvalue weighted by Gasteiger charge is -2.30. The van der Waals surface area contributed by atoms with Crippen molar-refractivity contribution in [1.29, 1.82) is 0 Å². The third kappa shape index (κ3) is 3.17. The summed E-state index contributed by atoms with van der Waals surface area (Å²) >= 11 is 0. The van der Waals surface area contributed by atoms with Gasteiger partial charge in [0.25, 0.3) is 5.91 Å². The topological polar surface area (TPSA) is 80.0 Å². The minimum Gasteiger partial charge on any atom is -0.396 e. The zero-order valence-corrected chi connectivity index (χ0v) is 12.4. The quantitative estimate of drug-likeness (QED) is 0.898. The average Bonchev–Trinajstić information content (AvgIpc) is 3.10. The van der Waals surface area contributed by atoms with Crippen molar-refractivity contribution in [3.63, 3.8) is 0 Å². The zero-order chi connectivity index (χ0) is 15.4. The predicted molar refractivity (Wildman–Crippen MR) is 81.7 cm³/mol. The number of amides is 1. The molecule has 0 bridgehead atoms. The Morgan fingerprint density at radius 3 is 3.00 bits per heavy atom. The van der Waals surface area contributed by atoms with Crippen LogP contribution < -0.4 is 5.32 Å². The van der Waals surface area contributed by atoms with Crippen molar-refractivity contribution in [2.24, 2.45) is 5.92 Å². The van der Waals surface area contributed by atoms with E-state index in [4.69, 9.17) is 0 Å². The summed E-state index contributed by atoms with van der Waals surface area (Å²) in [4.78, 5) is 12.5. The highest BCUT2D eigenvalue weighted by atomic mass is 16.3. The van der Waals surface area contributed by atoms with E-state index in [0.717, 1.165) is 31.4 Å². The summed E-state index contributed by atoms with van der Waals surface area (Å²) in [5, 5.41) is 20.2. The molecule has 0 radical (unpaired) electrons. The van der Waals surface area contributed by atoms with Gasteiger partial charge in [0.05, 0.1) is 18.1 Å². The fraction of sp³-hybridized carbons (Fsp3) is 0.438. The van der Waals surface area contributed by atoms with Gasteiger partial charge >= 0.3 is 0 Å². The molecular formula is C16H20N4O2. The van der Waals surface area contributed by atoms with Crippen LogP contribution in [0.2, 0.25) is 0 Å². The molecule has 1 aliphatic rings. The van der Waals surface area contributed by atoms with Gasteiger partial charge in [0.15, 0.2) is 0 Å². The maximum Gasteiger partial charge on any atom is 0.251 e. The smallest absolute Gasteiger partial charge is 0.251 e. The second-order valence-corrected chi connectivity index (χ2v) is 5.71. The highest BCUT2D eigenvalue weighted by Gasteiger charge is 2.26. The largest absolute Gasteiger partial charge is 0.396 e. The summed E-state index contributed by atoms with van der Waals surface area (Å²) in [7, 11) is 0. The van der Waals surface area contributed by atoms with Gasteiger partial charge in [-0.05, 0) is 31.0 Å². The first-order valence-corrected chi connectivity index (χ1v) is 7.66. The highest BCUT2D eigenvalue weighted by molar-refractivity contribution is 5.94. The number of aliphatic hydroxyl groups is 1. The molecule has 2 aromatic rings. The lowest BCUT2D eigenvalue weighted by Crippen LogP contribution is -2.43. The Balaban J connectivity index is 1.73. The van der Waals surface area contributed by atoms with E-state index in [1.807, 2.05) is 12.1 Å². The Labute approximate surface area is 129 Å². The van der Waals surface area contributed by atoms with Gasteiger partial charge in [-0.3, -0.25) is 4.79 Å². The number of hydrogen-bond acceptors (Lipinski definition) is 4. The summed E-state index contributed by atoms with van der Waals surface area (Å²) in [6.45, 7) is 0.129. The van der Waals surface area contributed by atoms with Gasteiger partial charge in [-0.1, -0.05) is 24.1 Å². The maximum absolute atomic E-state index is 12.5. The minimum atomic E-state index is -0.104. The van der Waals surface area contributed by atoms with Crippen LogP contribution in [0, 0.1) is 5.92 Å². The molecule has 1 heterocycles. The van der Waals surface area contributed by atoms with Crippen LogP contribution in [0.1, 0.15) is 36.0 Å². The van der Waals surface area contributed by atoms with Gasteiger partial charge in [0.2, 0.25) is 0 Å². The molecule has 1 aliphatic carbocycles. The van der Waals surface area contributed by atoms with Gasteiger partial charge < -0.3 is 10.4 Å². The van der Waals surface area contributed by atoms with Gasteiger partial charge in [-0.25, -0.2) is 4.68 Å². The lowest BCUT2D eigenvalue weighted by atomic mass is 9.85. The first-order chi connectivity index (χ1) is 10.8. The number of carbonyl (C=O) groups excluding carboxylic acids is 1. The number of nitrogens with one attached hydrogen (secondary N) is 1. The molecule has 0 aliphatic heterocycles. The Bertz CT molecular complexity index is 627. The number of aromatic nitrogens is 3. The fourth-order valence-electron chi connectivity index (χ4n) is 3.00. The molecule has 1 saturated carbocycles. The van der Waals surface area contributed by atoms with Crippen molar-refractivity contribution in [3.05, 3.63) is 42.2 Å². The molecule has 1 aromatic carbocycles. The van der Waals surface area contributed by atoms with Crippen molar-refractivity contribution in [1.82, 2.24) is 20.3 Å². The number of hydrogen-bond donors (Lipinski definition) is 2. The van der Waals surface area contributed by atoms with E-state index in [1.165, 1.54) is 0 Å². The van der Waals surface area contributed by atoms with Crippen molar-refractivity contribution in [2.45, 2.75) is 31.7 Å². The van der Waals surface area contributed by atoms with Gasteiger partial charge in [-0.15, -0.1) is 5.10 Å². The minimum absolute atomic E-state index is 0.0567. The van der Waals surface area contributed by atoms with Crippen molar-refractivity contribution in [2.75, 3.05) is 6.61 Å². The van der Waals surface area contributed by atoms with Crippen LogP contribution in [-0.4, -0.2) is 38.7 Å². The molecule has 2 unspecified atom stereocenters. The Hall–Kier alpha value is -2.21. The number of carbonyl (C=O) groups is 1. The fourth-order valence-corrected chi connectivity index (χ4v) is 3.00. The Kier molecular flexibility index (Phi) is 4.48. The highest BCUT2D eigenvalue weighted by Crippen LogP contribution is 2.24. The number of rotatable bonds is 4. The monoisotopic (exact) mass is 300 g/mol. The molecule has 6 nitrogen and oxygen atoms in total. The van der Waals surface area contributed by atoms with Gasteiger partial charge in [-0.2, -0.15) is 0 Å². The molecule has 6 heteroatoms. The van der Waals surface area contributed by atoms with E-state index in [-0.39, 0.29) is 24.5 Å². The normalized spacial score (nSPS) is 21.5. The molecule has 2 N–H and O–H groups in total. The van der Waals surface area contributed by atoms with E-state index < -0.39 is 0 Å². The number of benzene rings is 1. The predicted octanol–water partition coefficient (Wildman–Crippen LogP) is 1.55. The van der Waals surface area contributed by atoms with Crippen molar-refractivity contribution in [3.8, 4) is 5.69 Å². The van der Waals surface area contributed by atoms with Crippen LogP contribution in [0.25, 0.3) is 5.69 Å². The van der Waals surface area contributed by atoms with Gasteiger partial charge in [0.1, 0.15) is 0 Å². The van der Waals surface area contributed by atoms with E-state index in [0.29, 0.717) is 5.56 Å². The first-order valence-electron chi connectivity index (χ1n) is 7.66. The number of nitrogens with zero attached hydrogens (tertiary/aromatic N) is 3. The van der Waals surface area contributed by atoms with E-state index in [9.17, 15) is 9.90 Å². The summed E-state index contributed by atoms with van der Waals surface area (Å²) < 4.78 is 1.62. The van der Waals surface area contributed by atoms with Crippen LogP contribution >= 0.6 is 0 Å². The van der Waals surface area contributed by atoms with Crippen LogP contribution in [0.5, 0.6) is 0 Å². The Morgan fingerprint density at radius 1 is 1.36 bits per heavy atom. The van der Waals surface area contributed by atoms with E-state index >= 15 is 0 Å². The van der Waals surface area contributed by atoms with Crippen LogP contribution in [0.15, 0.2) is 36.7 Å². The molecular weight excluding hydrogens is 280 g/mol. The second-order valence-electron chi connectivity index (χ2n) is 5.71. The van der Waals surface area contributed by atoms with Crippen LogP contribution in [-0.2, 0) is 0 Å². The average molecular weight is 300 g/mol. The lowest BCUT2D eigenvalue weighted by molar-refractivity contribution is 0.0872. The number of aliphatic hydroxyl groups excluding tert-OH is 1. The zero-order valence-electron chi connectivity index (χ0n) is 12.4. The molecule has 2 atom stereocenters. The van der Waals surface area contributed by atoms with Crippen molar-refractivity contribution < 1.29 is 9.90 Å².